The summed E-state index contributed by atoms with van der Waals surface area (Å²) in [6, 6.07) is 4.18. The Bertz CT molecular complexity index is 397. The van der Waals surface area contributed by atoms with E-state index in [9.17, 15) is 18.0 Å². The third-order valence-electron chi connectivity index (χ3n) is 2.17. The minimum Gasteiger partial charge on any atom is -0.467 e. The number of nitrogens with two attached hydrogens (primary N) is 1. The van der Waals surface area contributed by atoms with Gasteiger partial charge in [0.25, 0.3) is 6.43 Å². The number of carbonyl (C=O) groups excluding carboxylic acids is 1. The first-order valence-corrected chi connectivity index (χ1v) is 4.34. The van der Waals surface area contributed by atoms with E-state index in [2.05, 4.69) is 4.74 Å². The van der Waals surface area contributed by atoms with E-state index in [0.717, 1.165) is 25.3 Å². The van der Waals surface area contributed by atoms with Gasteiger partial charge in [-0.25, -0.2) is 18.0 Å². The van der Waals surface area contributed by atoms with Gasteiger partial charge >= 0.3 is 5.97 Å². The highest BCUT2D eigenvalue weighted by Crippen LogP contribution is 2.27. The highest BCUT2D eigenvalue weighted by atomic mass is 19.3. The molecule has 3 nitrogen and oxygen atoms in total. The van der Waals surface area contributed by atoms with Crippen molar-refractivity contribution in [3.05, 3.63) is 35.6 Å². The monoisotopic (exact) mass is 233 g/mol. The molecule has 0 bridgehead atoms. The van der Waals surface area contributed by atoms with Crippen LogP contribution in [0.4, 0.5) is 13.2 Å². The van der Waals surface area contributed by atoms with Crippen LogP contribution < -0.4 is 5.73 Å². The van der Waals surface area contributed by atoms with Gasteiger partial charge in [-0.15, -0.1) is 0 Å². The van der Waals surface area contributed by atoms with Gasteiger partial charge in [0.1, 0.15) is 5.82 Å². The molecule has 1 atom stereocenters. The third kappa shape index (κ3) is 2.01. The molecule has 1 rings (SSSR count). The van der Waals surface area contributed by atoms with Crippen LogP contribution in [0, 0.1) is 5.82 Å². The first kappa shape index (κ1) is 12.5. The van der Waals surface area contributed by atoms with Crippen molar-refractivity contribution >= 4 is 5.97 Å². The topological polar surface area (TPSA) is 52.3 Å². The summed E-state index contributed by atoms with van der Waals surface area (Å²) in [5.74, 6) is -2.06. The molecule has 0 fully saturated rings. The third-order valence-corrected chi connectivity index (χ3v) is 2.17. The van der Waals surface area contributed by atoms with Crippen molar-refractivity contribution in [1.82, 2.24) is 0 Å². The molecular formula is C10H10F3NO2. The lowest BCUT2D eigenvalue weighted by Gasteiger charge is -2.25. The summed E-state index contributed by atoms with van der Waals surface area (Å²) in [6.45, 7) is 0. The number of alkyl halides is 2. The highest BCUT2D eigenvalue weighted by Gasteiger charge is 2.46. The zero-order chi connectivity index (χ0) is 12.3. The number of benzene rings is 1. The Kier molecular flexibility index (Phi) is 3.54. The quantitative estimate of drug-likeness (QED) is 0.803. The summed E-state index contributed by atoms with van der Waals surface area (Å²) in [5, 5.41) is 0. The molecule has 0 radical (unpaired) electrons. The van der Waals surface area contributed by atoms with Crippen molar-refractivity contribution in [2.75, 3.05) is 7.11 Å². The number of rotatable bonds is 3. The molecule has 0 aromatic heterocycles. The maximum atomic E-state index is 12.9. The second kappa shape index (κ2) is 4.52. The Morgan fingerprint density at radius 2 is 2.12 bits per heavy atom. The van der Waals surface area contributed by atoms with Crippen LogP contribution >= 0.6 is 0 Å². The zero-order valence-electron chi connectivity index (χ0n) is 8.41. The molecular weight excluding hydrogens is 223 g/mol. The van der Waals surface area contributed by atoms with Crippen LogP contribution in [0.5, 0.6) is 0 Å². The SMILES string of the molecule is COC(=O)C(N)(c1cccc(F)c1)C(F)F. The van der Waals surface area contributed by atoms with Crippen LogP contribution in [0.15, 0.2) is 24.3 Å². The van der Waals surface area contributed by atoms with Crippen LogP contribution in [0.2, 0.25) is 0 Å². The van der Waals surface area contributed by atoms with E-state index in [1.165, 1.54) is 6.07 Å². The summed E-state index contributed by atoms with van der Waals surface area (Å²) in [6.07, 6.45) is -3.19. The lowest BCUT2D eigenvalue weighted by atomic mass is 9.91. The number of ether oxygens (including phenoxy) is 1. The van der Waals surface area contributed by atoms with Crippen molar-refractivity contribution in [3.63, 3.8) is 0 Å². The summed E-state index contributed by atoms with van der Waals surface area (Å²) >= 11 is 0. The second-order valence-corrected chi connectivity index (χ2v) is 3.17. The molecule has 1 aromatic carbocycles. The van der Waals surface area contributed by atoms with Gasteiger partial charge in [0.15, 0.2) is 0 Å². The van der Waals surface area contributed by atoms with Crippen molar-refractivity contribution < 1.29 is 22.7 Å². The van der Waals surface area contributed by atoms with Crippen LogP contribution in [-0.4, -0.2) is 19.5 Å². The fourth-order valence-corrected chi connectivity index (χ4v) is 1.25. The molecule has 0 aliphatic carbocycles. The Labute approximate surface area is 90.0 Å². The number of methoxy groups -OCH3 is 1. The van der Waals surface area contributed by atoms with Crippen LogP contribution in [-0.2, 0) is 15.1 Å². The summed E-state index contributed by atoms with van der Waals surface area (Å²) in [7, 11) is 0.936. The fourth-order valence-electron chi connectivity index (χ4n) is 1.25. The molecule has 0 saturated heterocycles. The number of esters is 1. The van der Waals surface area contributed by atoms with E-state index in [4.69, 9.17) is 5.73 Å². The molecule has 0 heterocycles. The van der Waals surface area contributed by atoms with Gasteiger partial charge < -0.3 is 10.5 Å². The molecule has 0 aliphatic rings. The second-order valence-electron chi connectivity index (χ2n) is 3.17. The number of hydrogen-bond acceptors (Lipinski definition) is 3. The van der Waals surface area contributed by atoms with E-state index < -0.39 is 23.8 Å². The molecule has 0 aliphatic heterocycles. The maximum absolute atomic E-state index is 12.9. The van der Waals surface area contributed by atoms with Gasteiger partial charge in [0, 0.05) is 0 Å². The van der Waals surface area contributed by atoms with Gasteiger partial charge in [-0.05, 0) is 17.7 Å². The summed E-state index contributed by atoms with van der Waals surface area (Å²) in [5.41, 5.74) is 2.33. The van der Waals surface area contributed by atoms with E-state index in [0.29, 0.717) is 0 Å². The molecule has 1 aromatic rings. The molecule has 16 heavy (non-hydrogen) atoms. The fraction of sp³-hybridized carbons (Fsp3) is 0.300. The lowest BCUT2D eigenvalue weighted by Crippen LogP contribution is -2.51. The average molecular weight is 233 g/mol. The lowest BCUT2D eigenvalue weighted by molar-refractivity contribution is -0.154. The first-order chi connectivity index (χ1) is 7.42. The van der Waals surface area contributed by atoms with Crippen molar-refractivity contribution in [2.45, 2.75) is 12.0 Å². The number of hydrogen-bond donors (Lipinski definition) is 1. The van der Waals surface area contributed by atoms with Crippen LogP contribution in [0.25, 0.3) is 0 Å². The maximum Gasteiger partial charge on any atom is 0.336 e. The Morgan fingerprint density at radius 1 is 1.50 bits per heavy atom. The van der Waals surface area contributed by atoms with Gasteiger partial charge in [-0.2, -0.15) is 0 Å². The summed E-state index contributed by atoms with van der Waals surface area (Å²) < 4.78 is 42.7. The van der Waals surface area contributed by atoms with Crippen LogP contribution in [0.3, 0.4) is 0 Å². The molecule has 6 heteroatoms. The Hall–Kier alpha value is -1.56. The van der Waals surface area contributed by atoms with Gasteiger partial charge in [0.2, 0.25) is 5.54 Å². The van der Waals surface area contributed by atoms with Gasteiger partial charge in [-0.1, -0.05) is 12.1 Å². The Morgan fingerprint density at radius 3 is 2.56 bits per heavy atom. The highest BCUT2D eigenvalue weighted by molar-refractivity contribution is 5.82. The minimum absolute atomic E-state index is 0.325. The molecule has 2 N–H and O–H groups in total. The standard InChI is InChI=1S/C10H10F3NO2/c1-16-9(15)10(14,8(12)13)6-3-2-4-7(11)5-6/h2-5,8H,14H2,1H3. The van der Waals surface area contributed by atoms with E-state index in [-0.39, 0.29) is 5.56 Å². The van der Waals surface area contributed by atoms with E-state index >= 15 is 0 Å². The smallest absolute Gasteiger partial charge is 0.336 e. The molecule has 1 unspecified atom stereocenters. The van der Waals surface area contributed by atoms with Gasteiger partial charge in [-0.3, -0.25) is 0 Å². The van der Waals surface area contributed by atoms with Crippen LogP contribution in [0.1, 0.15) is 5.56 Å². The van der Waals surface area contributed by atoms with Crippen molar-refractivity contribution in [3.8, 4) is 0 Å². The predicted octanol–water partition coefficient (Wildman–Crippen LogP) is 1.42. The van der Waals surface area contributed by atoms with E-state index in [1.54, 1.807) is 0 Å². The van der Waals surface area contributed by atoms with Gasteiger partial charge in [0.05, 0.1) is 7.11 Å². The molecule has 0 spiro atoms. The zero-order valence-corrected chi connectivity index (χ0v) is 8.41. The number of halogens is 3. The predicted molar refractivity (Wildman–Crippen MR) is 50.3 cm³/mol. The van der Waals surface area contributed by atoms with Crippen molar-refractivity contribution in [2.24, 2.45) is 5.73 Å². The molecule has 0 amide bonds. The van der Waals surface area contributed by atoms with Crippen molar-refractivity contribution in [1.29, 1.82) is 0 Å². The summed E-state index contributed by atoms with van der Waals surface area (Å²) in [4.78, 5) is 11.2. The first-order valence-electron chi connectivity index (χ1n) is 4.34. The Balaban J connectivity index is 3.27. The minimum atomic E-state index is -3.19. The normalized spacial score (nSPS) is 14.6. The molecule has 0 saturated carbocycles. The van der Waals surface area contributed by atoms with E-state index in [1.807, 2.05) is 0 Å². The number of carbonyl (C=O) groups is 1. The largest absolute Gasteiger partial charge is 0.467 e. The average Bonchev–Trinajstić information content (AvgIpc) is 2.26. The molecule has 88 valence electrons.